The molecule has 0 amide bonds. The molecule has 0 heterocycles. The second-order valence-electron chi connectivity index (χ2n) is 6.49. The molecule has 0 saturated heterocycles. The zero-order valence-electron chi connectivity index (χ0n) is 13.1. The van der Waals surface area contributed by atoms with E-state index in [2.05, 4.69) is 20.8 Å². The molecule has 20 heavy (non-hydrogen) atoms. The van der Waals surface area contributed by atoms with Crippen LogP contribution in [-0.4, -0.2) is 11.7 Å². The van der Waals surface area contributed by atoms with E-state index in [0.717, 1.165) is 61.9 Å². The van der Waals surface area contributed by atoms with Crippen LogP contribution in [0.25, 0.3) is 0 Å². The Hall–Kier alpha value is -1.02. The van der Waals surface area contributed by atoms with E-state index in [9.17, 15) is 5.11 Å². The Bertz CT molecular complexity index is 400. The fraction of sp³-hybridized carbons (Fsp3) is 0.667. The molecule has 0 aromatic heterocycles. The smallest absolute Gasteiger partial charge is 0.119 e. The second kappa shape index (κ2) is 6.62. The summed E-state index contributed by atoms with van der Waals surface area (Å²) in [5.74, 6) is 2.39. The Morgan fingerprint density at radius 3 is 2.30 bits per heavy atom. The minimum Gasteiger partial charge on any atom is -0.494 e. The van der Waals surface area contributed by atoms with Gasteiger partial charge < -0.3 is 9.84 Å². The average Bonchev–Trinajstić information content (AvgIpc) is 2.46. The summed E-state index contributed by atoms with van der Waals surface area (Å²) in [6, 6.07) is 8.02. The Morgan fingerprint density at radius 2 is 1.80 bits per heavy atom. The highest BCUT2D eigenvalue weighted by Crippen LogP contribution is 2.41. The van der Waals surface area contributed by atoms with Gasteiger partial charge in [-0.3, -0.25) is 0 Å². The van der Waals surface area contributed by atoms with E-state index < -0.39 is 5.60 Å². The van der Waals surface area contributed by atoms with Gasteiger partial charge in [0.2, 0.25) is 0 Å². The van der Waals surface area contributed by atoms with E-state index in [1.54, 1.807) is 0 Å². The largest absolute Gasteiger partial charge is 0.494 e. The lowest BCUT2D eigenvalue weighted by Gasteiger charge is -2.38. The van der Waals surface area contributed by atoms with E-state index in [-0.39, 0.29) is 0 Å². The quantitative estimate of drug-likeness (QED) is 0.857. The van der Waals surface area contributed by atoms with Crippen LogP contribution in [0.1, 0.15) is 58.4 Å². The Kier molecular flexibility index (Phi) is 5.09. The molecule has 0 atom stereocenters. The van der Waals surface area contributed by atoms with E-state index >= 15 is 0 Å². The average molecular weight is 276 g/mol. The Labute approximate surface area is 123 Å². The van der Waals surface area contributed by atoms with Crippen molar-refractivity contribution < 1.29 is 9.84 Å². The monoisotopic (exact) mass is 276 g/mol. The standard InChI is InChI=1S/C18H28O2/c1-4-13-20-17-7-5-16(6-8-17)18(19)11-9-15(10-12-18)14(2)3/h5-8,14-15,19H,4,9-13H2,1-3H3. The van der Waals surface area contributed by atoms with Crippen LogP contribution in [0.15, 0.2) is 24.3 Å². The predicted octanol–water partition coefficient (Wildman–Crippen LogP) is 4.51. The van der Waals surface area contributed by atoms with Crippen LogP contribution in [0.5, 0.6) is 5.75 Å². The van der Waals surface area contributed by atoms with Crippen LogP contribution in [0, 0.1) is 11.8 Å². The van der Waals surface area contributed by atoms with Gasteiger partial charge in [0.15, 0.2) is 0 Å². The summed E-state index contributed by atoms with van der Waals surface area (Å²) in [5.41, 5.74) is 0.415. The summed E-state index contributed by atoms with van der Waals surface area (Å²) in [4.78, 5) is 0. The molecule has 0 unspecified atom stereocenters. The number of hydrogen-bond acceptors (Lipinski definition) is 2. The van der Waals surface area contributed by atoms with Gasteiger partial charge in [0.25, 0.3) is 0 Å². The molecule has 2 nitrogen and oxygen atoms in total. The lowest BCUT2D eigenvalue weighted by molar-refractivity contribution is -0.0200. The predicted molar refractivity (Wildman–Crippen MR) is 82.9 cm³/mol. The van der Waals surface area contributed by atoms with Gasteiger partial charge in [0.1, 0.15) is 5.75 Å². The van der Waals surface area contributed by atoms with Crippen molar-refractivity contribution in [2.24, 2.45) is 11.8 Å². The van der Waals surface area contributed by atoms with Crippen molar-refractivity contribution in [3.05, 3.63) is 29.8 Å². The SMILES string of the molecule is CCCOc1ccc(C2(O)CCC(C(C)C)CC2)cc1. The molecule has 1 aromatic carbocycles. The van der Waals surface area contributed by atoms with Gasteiger partial charge in [-0.25, -0.2) is 0 Å². The highest BCUT2D eigenvalue weighted by molar-refractivity contribution is 5.31. The van der Waals surface area contributed by atoms with Crippen LogP contribution in [0.2, 0.25) is 0 Å². The summed E-state index contributed by atoms with van der Waals surface area (Å²) >= 11 is 0. The first-order valence-corrected chi connectivity index (χ1v) is 8.01. The highest BCUT2D eigenvalue weighted by Gasteiger charge is 2.35. The first-order valence-electron chi connectivity index (χ1n) is 8.01. The first-order chi connectivity index (χ1) is 9.55. The molecule has 2 heteroatoms. The molecule has 1 saturated carbocycles. The summed E-state index contributed by atoms with van der Waals surface area (Å²) in [5, 5.41) is 10.9. The van der Waals surface area contributed by atoms with Crippen LogP contribution < -0.4 is 4.74 Å². The van der Waals surface area contributed by atoms with E-state index in [1.165, 1.54) is 0 Å². The molecule has 0 aliphatic heterocycles. The van der Waals surface area contributed by atoms with Gasteiger partial charge in [0.05, 0.1) is 12.2 Å². The maximum absolute atomic E-state index is 10.9. The van der Waals surface area contributed by atoms with Gasteiger partial charge in [-0.1, -0.05) is 32.9 Å². The van der Waals surface area contributed by atoms with Crippen molar-refractivity contribution in [1.29, 1.82) is 0 Å². The molecular weight excluding hydrogens is 248 g/mol. The van der Waals surface area contributed by atoms with Gasteiger partial charge in [-0.15, -0.1) is 0 Å². The van der Waals surface area contributed by atoms with Crippen LogP contribution >= 0.6 is 0 Å². The van der Waals surface area contributed by atoms with Crippen LogP contribution in [0.4, 0.5) is 0 Å². The minimum absolute atomic E-state index is 0.630. The van der Waals surface area contributed by atoms with E-state index in [1.807, 2.05) is 24.3 Å². The zero-order chi connectivity index (χ0) is 14.6. The fourth-order valence-electron chi connectivity index (χ4n) is 3.15. The topological polar surface area (TPSA) is 29.5 Å². The Morgan fingerprint density at radius 1 is 1.20 bits per heavy atom. The van der Waals surface area contributed by atoms with Crippen molar-refractivity contribution in [2.75, 3.05) is 6.61 Å². The van der Waals surface area contributed by atoms with Crippen molar-refractivity contribution in [3.63, 3.8) is 0 Å². The van der Waals surface area contributed by atoms with Gasteiger partial charge >= 0.3 is 0 Å². The van der Waals surface area contributed by atoms with Gasteiger partial charge in [-0.05, 0) is 61.6 Å². The van der Waals surface area contributed by atoms with E-state index in [0.29, 0.717) is 0 Å². The van der Waals surface area contributed by atoms with E-state index in [4.69, 9.17) is 4.74 Å². The third-order valence-corrected chi connectivity index (χ3v) is 4.66. The molecule has 112 valence electrons. The molecular formula is C18H28O2. The van der Waals surface area contributed by atoms with Crippen LogP contribution in [0.3, 0.4) is 0 Å². The lowest BCUT2D eigenvalue weighted by atomic mass is 9.72. The number of aliphatic hydroxyl groups is 1. The molecule has 1 N–H and O–H groups in total. The summed E-state index contributed by atoms with van der Waals surface area (Å²) < 4.78 is 5.60. The normalized spacial score (nSPS) is 26.8. The Balaban J connectivity index is 2.00. The maximum Gasteiger partial charge on any atom is 0.119 e. The van der Waals surface area contributed by atoms with Crippen molar-refractivity contribution >= 4 is 0 Å². The molecule has 1 fully saturated rings. The lowest BCUT2D eigenvalue weighted by Crippen LogP contribution is -2.32. The molecule has 0 spiro atoms. The molecule has 1 aromatic rings. The third kappa shape index (κ3) is 3.54. The summed E-state index contributed by atoms with van der Waals surface area (Å²) in [6.45, 7) is 7.42. The number of hydrogen-bond donors (Lipinski definition) is 1. The van der Waals surface area contributed by atoms with Crippen molar-refractivity contribution in [3.8, 4) is 5.75 Å². The van der Waals surface area contributed by atoms with Gasteiger partial charge in [0, 0.05) is 0 Å². The van der Waals surface area contributed by atoms with Gasteiger partial charge in [-0.2, -0.15) is 0 Å². The molecule has 1 aliphatic carbocycles. The number of benzene rings is 1. The first kappa shape index (κ1) is 15.4. The maximum atomic E-state index is 10.9. The fourth-order valence-corrected chi connectivity index (χ4v) is 3.15. The second-order valence-corrected chi connectivity index (χ2v) is 6.49. The molecule has 2 rings (SSSR count). The van der Waals surface area contributed by atoms with Crippen molar-refractivity contribution in [1.82, 2.24) is 0 Å². The number of rotatable bonds is 5. The molecule has 0 bridgehead atoms. The van der Waals surface area contributed by atoms with Crippen molar-refractivity contribution in [2.45, 2.75) is 58.5 Å². The highest BCUT2D eigenvalue weighted by atomic mass is 16.5. The third-order valence-electron chi connectivity index (χ3n) is 4.66. The molecule has 1 aliphatic rings. The minimum atomic E-state index is -0.630. The summed E-state index contributed by atoms with van der Waals surface area (Å²) in [6.07, 6.45) is 5.03. The number of ether oxygens (including phenoxy) is 1. The summed E-state index contributed by atoms with van der Waals surface area (Å²) in [7, 11) is 0. The zero-order valence-corrected chi connectivity index (χ0v) is 13.1. The molecule has 0 radical (unpaired) electrons. The van der Waals surface area contributed by atoms with Crippen LogP contribution in [-0.2, 0) is 5.60 Å².